The van der Waals surface area contributed by atoms with E-state index in [1.165, 1.54) is 0 Å². The summed E-state index contributed by atoms with van der Waals surface area (Å²) in [4.78, 5) is 21.8. The van der Waals surface area contributed by atoms with Crippen molar-refractivity contribution in [2.75, 3.05) is 7.11 Å². The summed E-state index contributed by atoms with van der Waals surface area (Å²) in [5.41, 5.74) is -1.55. The number of rotatable bonds is 4. The molecule has 0 fully saturated rings. The van der Waals surface area contributed by atoms with Crippen LogP contribution in [0.25, 0.3) is 0 Å². The number of carbonyl (C=O) groups excluding carboxylic acids is 1. The Labute approximate surface area is 100.0 Å². The summed E-state index contributed by atoms with van der Waals surface area (Å²) in [6.45, 7) is 0.503. The lowest BCUT2D eigenvalue weighted by molar-refractivity contribution is -0.131. The number of ether oxygens (including phenoxy) is 1. The van der Waals surface area contributed by atoms with Gasteiger partial charge in [-0.3, -0.25) is 4.79 Å². The van der Waals surface area contributed by atoms with Gasteiger partial charge >= 0.3 is 5.97 Å². The Balaban J connectivity index is 3.52. The molecule has 0 unspecified atom stereocenters. The van der Waals surface area contributed by atoms with E-state index in [0.717, 1.165) is 7.11 Å². The Kier molecular flexibility index (Phi) is 3.64. The molecule has 4 nitrogen and oxygen atoms in total. The molecule has 7 heteroatoms. The third kappa shape index (κ3) is 2.61. The molecule has 0 spiro atoms. The highest BCUT2D eigenvalue weighted by molar-refractivity contribution is 6.40. The molecule has 0 saturated heterocycles. The molecule has 0 aliphatic rings. The van der Waals surface area contributed by atoms with Crippen LogP contribution in [0.5, 0.6) is 5.75 Å². The fraction of sp³-hybridized carbons (Fsp3) is 0.273. The van der Waals surface area contributed by atoms with Crippen molar-refractivity contribution in [3.05, 3.63) is 29.1 Å². The third-order valence-electron chi connectivity index (χ3n) is 2.19. The van der Waals surface area contributed by atoms with Gasteiger partial charge in [0.1, 0.15) is 0 Å². The molecule has 0 aromatic heterocycles. The van der Waals surface area contributed by atoms with E-state index < -0.39 is 40.4 Å². The second-order valence-corrected chi connectivity index (χ2v) is 3.56. The largest absolute Gasteiger partial charge is 0.493 e. The van der Waals surface area contributed by atoms with Crippen molar-refractivity contribution in [1.29, 1.82) is 0 Å². The zero-order valence-corrected chi connectivity index (χ0v) is 9.46. The van der Waals surface area contributed by atoms with E-state index >= 15 is 0 Å². The van der Waals surface area contributed by atoms with Gasteiger partial charge in [-0.15, -0.1) is 0 Å². The molecule has 0 aliphatic carbocycles. The summed E-state index contributed by atoms with van der Waals surface area (Å²) in [5, 5.41) is 8.52. The SMILES string of the molecule is COc1c(F)cc(C(C)(F)F)cc1C(=O)C(=O)O. The number of alkyl halides is 2. The van der Waals surface area contributed by atoms with Crippen molar-refractivity contribution in [3.63, 3.8) is 0 Å². The second kappa shape index (κ2) is 4.67. The molecule has 0 heterocycles. The van der Waals surface area contributed by atoms with Gasteiger partial charge < -0.3 is 9.84 Å². The summed E-state index contributed by atoms with van der Waals surface area (Å²) in [5.74, 6) is -8.70. The Morgan fingerprint density at radius 1 is 1.33 bits per heavy atom. The molecule has 1 aromatic carbocycles. The first-order chi connectivity index (χ1) is 8.18. The number of benzene rings is 1. The topological polar surface area (TPSA) is 63.6 Å². The predicted molar refractivity (Wildman–Crippen MR) is 54.5 cm³/mol. The van der Waals surface area contributed by atoms with Crippen LogP contribution >= 0.6 is 0 Å². The maximum absolute atomic E-state index is 13.5. The van der Waals surface area contributed by atoms with E-state index in [0.29, 0.717) is 19.1 Å². The minimum atomic E-state index is -3.40. The van der Waals surface area contributed by atoms with Gasteiger partial charge in [-0.05, 0) is 12.1 Å². The first kappa shape index (κ1) is 14.0. The van der Waals surface area contributed by atoms with Crippen LogP contribution in [-0.2, 0) is 10.7 Å². The molecule has 1 aromatic rings. The van der Waals surface area contributed by atoms with E-state index in [9.17, 15) is 22.8 Å². The summed E-state index contributed by atoms with van der Waals surface area (Å²) >= 11 is 0. The first-order valence-corrected chi connectivity index (χ1v) is 4.72. The van der Waals surface area contributed by atoms with Crippen molar-refractivity contribution >= 4 is 11.8 Å². The van der Waals surface area contributed by atoms with Gasteiger partial charge in [0.25, 0.3) is 11.7 Å². The number of hydrogen-bond acceptors (Lipinski definition) is 3. The van der Waals surface area contributed by atoms with Crippen molar-refractivity contribution in [2.45, 2.75) is 12.8 Å². The van der Waals surface area contributed by atoms with Gasteiger partial charge in [-0.1, -0.05) is 0 Å². The molecule has 0 aliphatic heterocycles. The van der Waals surface area contributed by atoms with Crippen molar-refractivity contribution in [2.24, 2.45) is 0 Å². The predicted octanol–water partition coefficient (Wildman–Crippen LogP) is 2.21. The Morgan fingerprint density at radius 3 is 2.28 bits per heavy atom. The molecule has 0 bridgehead atoms. The lowest BCUT2D eigenvalue weighted by atomic mass is 10.0. The zero-order chi connectivity index (χ0) is 14.1. The lowest BCUT2D eigenvalue weighted by Gasteiger charge is -2.14. The minimum Gasteiger partial charge on any atom is -0.493 e. The van der Waals surface area contributed by atoms with Crippen molar-refractivity contribution in [3.8, 4) is 5.75 Å². The number of Topliss-reactive ketones (excluding diaryl/α,β-unsaturated/α-hetero) is 1. The number of carboxylic acids is 1. The van der Waals surface area contributed by atoms with E-state index in [1.807, 2.05) is 0 Å². The zero-order valence-electron chi connectivity index (χ0n) is 9.46. The summed E-state index contributed by atoms with van der Waals surface area (Å²) in [6, 6.07) is 1.11. The summed E-state index contributed by atoms with van der Waals surface area (Å²) in [6.07, 6.45) is 0. The highest BCUT2D eigenvalue weighted by Gasteiger charge is 2.30. The molecule has 0 saturated carbocycles. The smallest absolute Gasteiger partial charge is 0.377 e. The number of halogens is 3. The third-order valence-corrected chi connectivity index (χ3v) is 2.19. The highest BCUT2D eigenvalue weighted by atomic mass is 19.3. The average Bonchev–Trinajstić information content (AvgIpc) is 2.25. The van der Waals surface area contributed by atoms with Crippen LogP contribution < -0.4 is 4.74 Å². The monoisotopic (exact) mass is 262 g/mol. The van der Waals surface area contributed by atoms with Gasteiger partial charge in [-0.2, -0.15) is 0 Å². The molecule has 98 valence electrons. The van der Waals surface area contributed by atoms with Crippen LogP contribution in [0.3, 0.4) is 0 Å². The van der Waals surface area contributed by atoms with E-state index in [2.05, 4.69) is 4.74 Å². The first-order valence-electron chi connectivity index (χ1n) is 4.72. The molecular weight excluding hydrogens is 253 g/mol. The van der Waals surface area contributed by atoms with Gasteiger partial charge in [-0.25, -0.2) is 18.0 Å². The quantitative estimate of drug-likeness (QED) is 0.667. The Morgan fingerprint density at radius 2 is 1.89 bits per heavy atom. The van der Waals surface area contributed by atoms with Crippen molar-refractivity contribution in [1.82, 2.24) is 0 Å². The van der Waals surface area contributed by atoms with Gasteiger partial charge in [0.2, 0.25) is 0 Å². The van der Waals surface area contributed by atoms with Gasteiger partial charge in [0.05, 0.1) is 12.7 Å². The van der Waals surface area contributed by atoms with E-state index in [1.54, 1.807) is 0 Å². The molecule has 1 N–H and O–H groups in total. The maximum Gasteiger partial charge on any atom is 0.377 e. The fourth-order valence-electron chi connectivity index (χ4n) is 1.34. The molecule has 0 amide bonds. The fourth-order valence-corrected chi connectivity index (χ4v) is 1.34. The normalized spacial score (nSPS) is 11.2. The number of carbonyl (C=O) groups is 2. The Bertz CT molecular complexity index is 506. The molecule has 18 heavy (non-hydrogen) atoms. The standard InChI is InChI=1S/C11H9F3O4/c1-11(13,14)5-3-6(8(15)10(16)17)9(18-2)7(12)4-5/h3-4H,1-2H3,(H,16,17). The van der Waals surface area contributed by atoms with E-state index in [-0.39, 0.29) is 0 Å². The summed E-state index contributed by atoms with van der Waals surface area (Å²) in [7, 11) is 1.00. The van der Waals surface area contributed by atoms with Crippen LogP contribution in [0.4, 0.5) is 13.2 Å². The number of methoxy groups -OCH3 is 1. The second-order valence-electron chi connectivity index (χ2n) is 3.56. The number of carboxylic acid groups (broad SMARTS) is 1. The van der Waals surface area contributed by atoms with Crippen molar-refractivity contribution < 1.29 is 32.6 Å². The van der Waals surface area contributed by atoms with Crippen LogP contribution in [0.2, 0.25) is 0 Å². The summed E-state index contributed by atoms with van der Waals surface area (Å²) < 4.78 is 44.1. The Hall–Kier alpha value is -2.05. The van der Waals surface area contributed by atoms with Crippen LogP contribution in [-0.4, -0.2) is 24.0 Å². The highest BCUT2D eigenvalue weighted by Crippen LogP contribution is 2.33. The van der Waals surface area contributed by atoms with Crippen LogP contribution in [0.1, 0.15) is 22.8 Å². The van der Waals surface area contributed by atoms with Gasteiger partial charge in [0.15, 0.2) is 11.6 Å². The molecule has 0 atom stereocenters. The average molecular weight is 262 g/mol. The molecular formula is C11H9F3O4. The lowest BCUT2D eigenvalue weighted by Crippen LogP contribution is -2.17. The van der Waals surface area contributed by atoms with Crippen LogP contribution in [0.15, 0.2) is 12.1 Å². The number of ketones is 1. The molecule has 1 rings (SSSR count). The minimum absolute atomic E-state index is 0.497. The van der Waals surface area contributed by atoms with E-state index in [4.69, 9.17) is 5.11 Å². The number of aliphatic carboxylic acids is 1. The maximum atomic E-state index is 13.5. The van der Waals surface area contributed by atoms with Gasteiger partial charge in [0, 0.05) is 12.5 Å². The molecule has 0 radical (unpaired) electrons. The number of hydrogen-bond donors (Lipinski definition) is 1. The van der Waals surface area contributed by atoms with Crippen LogP contribution in [0, 0.1) is 5.82 Å².